The molecule has 6 heteroatoms. The summed E-state index contributed by atoms with van der Waals surface area (Å²) >= 11 is 0. The van der Waals surface area contributed by atoms with E-state index < -0.39 is 0 Å². The number of rotatable bonds is 5. The van der Waals surface area contributed by atoms with Crippen LogP contribution in [-0.4, -0.2) is 37.0 Å². The highest BCUT2D eigenvalue weighted by molar-refractivity contribution is 5.78. The number of nitrogens with zero attached hydrogens (tertiary/aromatic N) is 2. The number of dihydropyridines is 1. The van der Waals surface area contributed by atoms with Gasteiger partial charge in [0.05, 0.1) is 6.61 Å². The predicted octanol–water partition coefficient (Wildman–Crippen LogP) is 2.65. The number of hydrogen-bond donors (Lipinski definition) is 2. The first kappa shape index (κ1) is 18.9. The average molecular weight is 360 g/mol. The maximum atomic E-state index is 13.7. The largest absolute Gasteiger partial charge is 0.491 e. The lowest BCUT2D eigenvalue weighted by Crippen LogP contribution is -2.48. The van der Waals surface area contributed by atoms with Gasteiger partial charge in [0.1, 0.15) is 6.17 Å². The summed E-state index contributed by atoms with van der Waals surface area (Å²) in [6.45, 7) is 7.24. The number of benzene rings is 1. The summed E-state index contributed by atoms with van der Waals surface area (Å²) in [5, 5.41) is 0. The maximum Gasteiger partial charge on any atom is 0.165 e. The average Bonchev–Trinajstić information content (AvgIpc) is 2.62. The molecule has 0 bridgehead atoms. The van der Waals surface area contributed by atoms with Gasteiger partial charge in [-0.1, -0.05) is 19.1 Å². The van der Waals surface area contributed by atoms with E-state index in [2.05, 4.69) is 22.9 Å². The van der Waals surface area contributed by atoms with Gasteiger partial charge in [0.15, 0.2) is 11.6 Å². The van der Waals surface area contributed by atoms with Crippen molar-refractivity contribution >= 4 is 6.21 Å². The Labute approximate surface area is 154 Å². The van der Waals surface area contributed by atoms with Crippen molar-refractivity contribution in [3.05, 3.63) is 41.4 Å². The molecule has 5 nitrogen and oxygen atoms in total. The van der Waals surface area contributed by atoms with Crippen molar-refractivity contribution in [2.75, 3.05) is 19.7 Å². The van der Waals surface area contributed by atoms with E-state index in [0.29, 0.717) is 24.0 Å². The van der Waals surface area contributed by atoms with E-state index >= 15 is 0 Å². The van der Waals surface area contributed by atoms with E-state index in [1.165, 1.54) is 6.07 Å². The molecule has 2 unspecified atom stereocenters. The van der Waals surface area contributed by atoms with Crippen LogP contribution in [0.2, 0.25) is 0 Å². The van der Waals surface area contributed by atoms with Crippen LogP contribution in [0.5, 0.6) is 5.75 Å². The van der Waals surface area contributed by atoms with Crippen molar-refractivity contribution in [3.63, 3.8) is 0 Å². The zero-order valence-electron chi connectivity index (χ0n) is 15.6. The summed E-state index contributed by atoms with van der Waals surface area (Å²) in [6.07, 6.45) is 5.59. The van der Waals surface area contributed by atoms with Crippen molar-refractivity contribution < 1.29 is 9.13 Å². The molecule has 0 aliphatic carbocycles. The molecule has 26 heavy (non-hydrogen) atoms. The van der Waals surface area contributed by atoms with Gasteiger partial charge in [0.2, 0.25) is 0 Å². The van der Waals surface area contributed by atoms with Crippen molar-refractivity contribution in [2.24, 2.45) is 27.8 Å². The van der Waals surface area contributed by atoms with Gasteiger partial charge in [-0.05, 0) is 56.5 Å². The Morgan fingerprint density at radius 1 is 1.35 bits per heavy atom. The Morgan fingerprint density at radius 3 is 2.77 bits per heavy atom. The molecule has 3 rings (SSSR count). The molecule has 2 aliphatic rings. The third-order valence-corrected chi connectivity index (χ3v) is 5.67. The first-order valence-electron chi connectivity index (χ1n) is 9.33. The second-order valence-corrected chi connectivity index (χ2v) is 7.48. The van der Waals surface area contributed by atoms with Gasteiger partial charge < -0.3 is 16.2 Å². The molecular weight excluding hydrogens is 331 g/mol. The fourth-order valence-corrected chi connectivity index (χ4v) is 4.05. The molecule has 0 amide bonds. The summed E-state index contributed by atoms with van der Waals surface area (Å²) in [4.78, 5) is 6.75. The van der Waals surface area contributed by atoms with Crippen LogP contribution in [0.25, 0.3) is 0 Å². The topological polar surface area (TPSA) is 76.9 Å². The van der Waals surface area contributed by atoms with Crippen LogP contribution in [0.3, 0.4) is 0 Å². The lowest BCUT2D eigenvalue weighted by atomic mass is 9.69. The maximum absolute atomic E-state index is 13.7. The lowest BCUT2D eigenvalue weighted by molar-refractivity contribution is 0.0973. The number of piperidine rings is 1. The molecule has 142 valence electrons. The quantitative estimate of drug-likeness (QED) is 0.846. The number of ether oxygens (including phenoxy) is 1. The fraction of sp³-hybridized carbons (Fsp3) is 0.550. The van der Waals surface area contributed by atoms with Crippen LogP contribution in [0, 0.1) is 17.2 Å². The normalized spacial score (nSPS) is 27.4. The first-order valence-corrected chi connectivity index (χ1v) is 9.33. The zero-order valence-corrected chi connectivity index (χ0v) is 15.6. The van der Waals surface area contributed by atoms with Gasteiger partial charge in [-0.25, -0.2) is 4.39 Å². The van der Waals surface area contributed by atoms with Crippen LogP contribution in [0.4, 0.5) is 4.39 Å². The van der Waals surface area contributed by atoms with Crippen LogP contribution < -0.4 is 16.2 Å². The summed E-state index contributed by atoms with van der Waals surface area (Å²) in [7, 11) is 0. The Morgan fingerprint density at radius 2 is 2.08 bits per heavy atom. The SMILES string of the molecule is CCOc1cc(CN2CCC(C3(C)C=C(N)C=NC3N)CC2)ccc1F. The van der Waals surface area contributed by atoms with Gasteiger partial charge in [0.25, 0.3) is 0 Å². The van der Waals surface area contributed by atoms with Crippen LogP contribution in [-0.2, 0) is 6.54 Å². The number of aliphatic imine (C=N–C) groups is 1. The van der Waals surface area contributed by atoms with E-state index in [1.54, 1.807) is 12.3 Å². The Kier molecular flexibility index (Phi) is 5.63. The summed E-state index contributed by atoms with van der Waals surface area (Å²) < 4.78 is 19.1. The molecule has 1 saturated heterocycles. The predicted molar refractivity (Wildman–Crippen MR) is 102 cm³/mol. The standard InChI is InChI=1S/C20H29FN4O/c1-3-26-18-10-14(4-5-17(18)21)13-25-8-6-15(7-9-25)20(2)11-16(22)12-24-19(20)23/h4-5,10-12,15,19H,3,6-9,13,22-23H2,1-2H3. The van der Waals surface area contributed by atoms with E-state index in [1.807, 2.05) is 13.0 Å². The summed E-state index contributed by atoms with van der Waals surface area (Å²) in [6, 6.07) is 5.13. The molecule has 1 fully saturated rings. The van der Waals surface area contributed by atoms with Crippen molar-refractivity contribution in [1.29, 1.82) is 0 Å². The Hall–Kier alpha value is -1.92. The molecule has 1 aromatic carbocycles. The fourth-order valence-electron chi connectivity index (χ4n) is 4.05. The molecule has 2 aliphatic heterocycles. The highest BCUT2D eigenvalue weighted by Gasteiger charge is 2.40. The van der Waals surface area contributed by atoms with Crippen LogP contribution >= 0.6 is 0 Å². The molecule has 2 heterocycles. The third-order valence-electron chi connectivity index (χ3n) is 5.67. The second-order valence-electron chi connectivity index (χ2n) is 7.48. The number of likely N-dealkylation sites (tertiary alicyclic amines) is 1. The van der Waals surface area contributed by atoms with Crippen LogP contribution in [0.1, 0.15) is 32.3 Å². The van der Waals surface area contributed by atoms with Gasteiger partial charge in [-0.3, -0.25) is 9.89 Å². The van der Waals surface area contributed by atoms with Gasteiger partial charge >= 0.3 is 0 Å². The van der Waals surface area contributed by atoms with E-state index in [4.69, 9.17) is 16.2 Å². The van der Waals surface area contributed by atoms with Crippen molar-refractivity contribution in [3.8, 4) is 5.75 Å². The number of nitrogens with two attached hydrogens (primary N) is 2. The van der Waals surface area contributed by atoms with Gasteiger partial charge in [0, 0.05) is 23.9 Å². The Bertz CT molecular complexity index is 697. The number of hydrogen-bond acceptors (Lipinski definition) is 5. The summed E-state index contributed by atoms with van der Waals surface area (Å²) in [5.41, 5.74) is 13.8. The lowest BCUT2D eigenvalue weighted by Gasteiger charge is -2.44. The first-order chi connectivity index (χ1) is 12.4. The molecule has 0 radical (unpaired) electrons. The third kappa shape index (κ3) is 3.91. The van der Waals surface area contributed by atoms with E-state index in [0.717, 1.165) is 38.0 Å². The smallest absolute Gasteiger partial charge is 0.165 e. The zero-order chi connectivity index (χ0) is 18.7. The minimum atomic E-state index is -0.307. The molecular formula is C20H29FN4O. The minimum Gasteiger partial charge on any atom is -0.491 e. The second kappa shape index (κ2) is 7.76. The molecule has 0 aromatic heterocycles. The van der Waals surface area contributed by atoms with Gasteiger partial charge in [-0.15, -0.1) is 0 Å². The molecule has 2 atom stereocenters. The highest BCUT2D eigenvalue weighted by atomic mass is 19.1. The number of halogens is 1. The number of allylic oxidation sites excluding steroid dienone is 1. The van der Waals surface area contributed by atoms with Crippen molar-refractivity contribution in [1.82, 2.24) is 4.90 Å². The minimum absolute atomic E-state index is 0.192. The highest BCUT2D eigenvalue weighted by Crippen LogP contribution is 2.41. The molecule has 0 spiro atoms. The monoisotopic (exact) mass is 360 g/mol. The molecule has 4 N–H and O–H groups in total. The Balaban J connectivity index is 1.61. The van der Waals surface area contributed by atoms with E-state index in [9.17, 15) is 4.39 Å². The van der Waals surface area contributed by atoms with E-state index in [-0.39, 0.29) is 17.4 Å². The molecule has 0 saturated carbocycles. The molecule has 1 aromatic rings. The van der Waals surface area contributed by atoms with Crippen molar-refractivity contribution in [2.45, 2.75) is 39.4 Å². The van der Waals surface area contributed by atoms with Crippen LogP contribution in [0.15, 0.2) is 35.0 Å². The van der Waals surface area contributed by atoms with Gasteiger partial charge in [-0.2, -0.15) is 0 Å². The summed E-state index contributed by atoms with van der Waals surface area (Å²) in [5.74, 6) is 0.481.